The van der Waals surface area contributed by atoms with Gasteiger partial charge in [0.05, 0.1) is 5.60 Å². The third-order valence-electron chi connectivity index (χ3n) is 6.99. The van der Waals surface area contributed by atoms with Crippen molar-refractivity contribution < 1.29 is 14.6 Å². The van der Waals surface area contributed by atoms with Crippen LogP contribution in [0.5, 0.6) is 5.88 Å². The van der Waals surface area contributed by atoms with E-state index in [9.17, 15) is 9.90 Å². The van der Waals surface area contributed by atoms with Gasteiger partial charge < -0.3 is 15.2 Å². The fourth-order valence-electron chi connectivity index (χ4n) is 5.79. The van der Waals surface area contributed by atoms with Crippen LogP contribution in [0.1, 0.15) is 67.5 Å². The summed E-state index contributed by atoms with van der Waals surface area (Å²) in [5.74, 6) is 2.31. The SMILES string of the molecule is Cc1ncc(C(=O)NC2C3CC4CC2CC(O)(C4)C3)c(OC2CCC2)n1. The van der Waals surface area contributed by atoms with Crippen LogP contribution in [0.3, 0.4) is 0 Å². The Labute approximate surface area is 153 Å². The van der Waals surface area contributed by atoms with E-state index in [0.29, 0.717) is 35.0 Å². The zero-order valence-corrected chi connectivity index (χ0v) is 15.3. The molecular weight excluding hydrogens is 330 g/mol. The van der Waals surface area contributed by atoms with Crippen molar-refractivity contribution in [3.8, 4) is 5.88 Å². The third kappa shape index (κ3) is 2.79. The van der Waals surface area contributed by atoms with Crippen molar-refractivity contribution in [2.45, 2.75) is 76.0 Å². The highest BCUT2D eigenvalue weighted by Crippen LogP contribution is 2.55. The predicted molar refractivity (Wildman–Crippen MR) is 94.8 cm³/mol. The van der Waals surface area contributed by atoms with E-state index in [2.05, 4.69) is 15.3 Å². The maximum atomic E-state index is 13.0. The van der Waals surface area contributed by atoms with Crippen LogP contribution < -0.4 is 10.1 Å². The quantitative estimate of drug-likeness (QED) is 0.864. The van der Waals surface area contributed by atoms with Gasteiger partial charge >= 0.3 is 0 Å². The molecular formula is C20H27N3O3. The molecule has 1 amide bonds. The fraction of sp³-hybridized carbons (Fsp3) is 0.750. The Morgan fingerprint density at radius 1 is 1.27 bits per heavy atom. The van der Waals surface area contributed by atoms with Crippen molar-refractivity contribution in [2.24, 2.45) is 17.8 Å². The number of rotatable bonds is 4. The Hall–Kier alpha value is -1.69. The first-order chi connectivity index (χ1) is 12.5. The molecule has 2 atom stereocenters. The highest BCUT2D eigenvalue weighted by Gasteiger charge is 2.55. The topological polar surface area (TPSA) is 84.3 Å². The van der Waals surface area contributed by atoms with Gasteiger partial charge in [-0.1, -0.05) is 0 Å². The Balaban J connectivity index is 1.34. The average Bonchev–Trinajstić information content (AvgIpc) is 2.53. The van der Waals surface area contributed by atoms with Gasteiger partial charge in [-0.3, -0.25) is 4.79 Å². The summed E-state index contributed by atoms with van der Waals surface area (Å²) in [5, 5.41) is 14.0. The van der Waals surface area contributed by atoms with Crippen molar-refractivity contribution in [3.05, 3.63) is 17.6 Å². The van der Waals surface area contributed by atoms with E-state index in [-0.39, 0.29) is 18.1 Å². The molecule has 1 heterocycles. The highest BCUT2D eigenvalue weighted by molar-refractivity contribution is 5.96. The molecule has 0 radical (unpaired) electrons. The lowest BCUT2D eigenvalue weighted by atomic mass is 9.52. The highest BCUT2D eigenvalue weighted by atomic mass is 16.5. The normalized spacial score (nSPS) is 38.1. The largest absolute Gasteiger partial charge is 0.474 e. The molecule has 0 aromatic carbocycles. The number of hydrogen-bond donors (Lipinski definition) is 2. The molecule has 6 rings (SSSR count). The van der Waals surface area contributed by atoms with Crippen molar-refractivity contribution in [1.29, 1.82) is 0 Å². The second-order valence-electron chi connectivity index (χ2n) is 9.00. The van der Waals surface area contributed by atoms with Gasteiger partial charge in [-0.05, 0) is 76.0 Å². The van der Waals surface area contributed by atoms with Gasteiger partial charge in [0.15, 0.2) is 0 Å². The van der Waals surface area contributed by atoms with Crippen molar-refractivity contribution >= 4 is 5.91 Å². The zero-order valence-electron chi connectivity index (χ0n) is 15.3. The minimum atomic E-state index is -0.483. The molecule has 6 nitrogen and oxygen atoms in total. The molecule has 1 aromatic rings. The molecule has 2 unspecified atom stereocenters. The standard InChI is InChI=1S/C20H27N3O3/c1-11-21-10-16(19(22-11)26-15-3-2-4-15)18(24)23-17-13-5-12-6-14(17)9-20(25,7-12)8-13/h10,12-15,17,25H,2-9H2,1H3,(H,23,24). The van der Waals surface area contributed by atoms with E-state index in [4.69, 9.17) is 4.74 Å². The number of nitrogens with zero attached hydrogens (tertiary/aromatic N) is 2. The van der Waals surface area contributed by atoms with E-state index in [1.54, 1.807) is 6.20 Å². The molecule has 0 saturated heterocycles. The lowest BCUT2D eigenvalue weighted by molar-refractivity contribution is -0.136. The molecule has 5 saturated carbocycles. The number of aryl methyl sites for hydroxylation is 1. The number of ether oxygens (including phenoxy) is 1. The monoisotopic (exact) mass is 357 g/mol. The smallest absolute Gasteiger partial charge is 0.258 e. The Kier molecular flexibility index (Phi) is 3.75. The van der Waals surface area contributed by atoms with E-state index >= 15 is 0 Å². The molecule has 1 aromatic heterocycles. The van der Waals surface area contributed by atoms with Crippen LogP contribution in [-0.4, -0.2) is 38.7 Å². The summed E-state index contributed by atoms with van der Waals surface area (Å²) < 4.78 is 5.95. The Morgan fingerprint density at radius 2 is 2.00 bits per heavy atom. The molecule has 4 bridgehead atoms. The lowest BCUT2D eigenvalue weighted by Crippen LogP contribution is -2.61. The number of amides is 1. The minimum Gasteiger partial charge on any atom is -0.474 e. The molecule has 6 heteroatoms. The van der Waals surface area contributed by atoms with E-state index in [0.717, 1.165) is 44.9 Å². The number of hydrogen-bond acceptors (Lipinski definition) is 5. The first-order valence-electron chi connectivity index (χ1n) is 10.0. The van der Waals surface area contributed by atoms with Gasteiger partial charge in [0.2, 0.25) is 5.88 Å². The van der Waals surface area contributed by atoms with Gasteiger partial charge in [0.1, 0.15) is 17.5 Å². The van der Waals surface area contributed by atoms with E-state index in [1.165, 1.54) is 6.42 Å². The number of aromatic nitrogens is 2. The maximum Gasteiger partial charge on any atom is 0.258 e. The number of aliphatic hydroxyl groups is 1. The van der Waals surface area contributed by atoms with Gasteiger partial charge in [-0.2, -0.15) is 4.98 Å². The summed E-state index contributed by atoms with van der Waals surface area (Å²) >= 11 is 0. The van der Waals surface area contributed by atoms with Crippen molar-refractivity contribution in [3.63, 3.8) is 0 Å². The first-order valence-corrected chi connectivity index (χ1v) is 10.0. The van der Waals surface area contributed by atoms with Gasteiger partial charge in [0, 0.05) is 12.2 Å². The average molecular weight is 357 g/mol. The van der Waals surface area contributed by atoms with Crippen LogP contribution in [0.2, 0.25) is 0 Å². The molecule has 0 aliphatic heterocycles. The van der Waals surface area contributed by atoms with Gasteiger partial charge in [-0.15, -0.1) is 0 Å². The van der Waals surface area contributed by atoms with Crippen LogP contribution in [0.4, 0.5) is 0 Å². The number of carbonyl (C=O) groups is 1. The van der Waals surface area contributed by atoms with Crippen LogP contribution in [0, 0.1) is 24.7 Å². The fourth-order valence-corrected chi connectivity index (χ4v) is 5.79. The van der Waals surface area contributed by atoms with Crippen LogP contribution >= 0.6 is 0 Å². The summed E-state index contributed by atoms with van der Waals surface area (Å²) in [4.78, 5) is 21.6. The number of carbonyl (C=O) groups excluding carboxylic acids is 1. The minimum absolute atomic E-state index is 0.135. The molecule has 140 valence electrons. The van der Waals surface area contributed by atoms with E-state index < -0.39 is 5.60 Å². The molecule has 5 fully saturated rings. The molecule has 2 N–H and O–H groups in total. The lowest BCUT2D eigenvalue weighted by Gasteiger charge is -2.58. The summed E-state index contributed by atoms with van der Waals surface area (Å²) in [6.45, 7) is 1.81. The predicted octanol–water partition coefficient (Wildman–Crippen LogP) is 2.39. The number of nitrogens with one attached hydrogen (secondary N) is 1. The van der Waals surface area contributed by atoms with E-state index in [1.807, 2.05) is 6.92 Å². The zero-order chi connectivity index (χ0) is 17.9. The first kappa shape index (κ1) is 16.5. The maximum absolute atomic E-state index is 13.0. The van der Waals surface area contributed by atoms with Crippen LogP contribution in [0.25, 0.3) is 0 Å². The van der Waals surface area contributed by atoms with Crippen molar-refractivity contribution in [2.75, 3.05) is 0 Å². The molecule has 26 heavy (non-hydrogen) atoms. The van der Waals surface area contributed by atoms with Crippen LogP contribution in [-0.2, 0) is 0 Å². The van der Waals surface area contributed by atoms with Crippen molar-refractivity contribution in [1.82, 2.24) is 15.3 Å². The third-order valence-corrected chi connectivity index (χ3v) is 6.99. The second-order valence-corrected chi connectivity index (χ2v) is 9.00. The second kappa shape index (κ2) is 5.91. The van der Waals surface area contributed by atoms with Crippen LogP contribution in [0.15, 0.2) is 6.20 Å². The summed E-state index contributed by atoms with van der Waals surface area (Å²) in [7, 11) is 0. The molecule has 0 spiro atoms. The van der Waals surface area contributed by atoms with Gasteiger partial charge in [-0.25, -0.2) is 4.98 Å². The summed E-state index contributed by atoms with van der Waals surface area (Å²) in [6.07, 6.45) is 9.83. The van der Waals surface area contributed by atoms with Gasteiger partial charge in [0.25, 0.3) is 5.91 Å². The Morgan fingerprint density at radius 3 is 2.62 bits per heavy atom. The summed E-state index contributed by atoms with van der Waals surface area (Å²) in [5.41, 5.74) is -0.0431. The Bertz CT molecular complexity index is 717. The molecule has 5 aliphatic carbocycles. The summed E-state index contributed by atoms with van der Waals surface area (Å²) in [6, 6.07) is 0.150. The molecule has 5 aliphatic rings.